The van der Waals surface area contributed by atoms with Gasteiger partial charge >= 0.3 is 0 Å². The summed E-state index contributed by atoms with van der Waals surface area (Å²) in [5.41, 5.74) is 6.40. The number of nitrogens with zero attached hydrogens (tertiary/aromatic N) is 2. The van der Waals surface area contributed by atoms with Crippen LogP contribution in [0.5, 0.6) is 11.5 Å². The first-order chi connectivity index (χ1) is 11.2. The van der Waals surface area contributed by atoms with E-state index in [1.807, 2.05) is 17.0 Å². The highest BCUT2D eigenvalue weighted by Crippen LogP contribution is 2.25. The number of hydrogen-bond donors (Lipinski definition) is 1. The molecule has 120 valence electrons. The van der Waals surface area contributed by atoms with E-state index < -0.39 is 0 Å². The molecule has 2 atom stereocenters. The number of aromatic nitrogens is 1. The lowest BCUT2D eigenvalue weighted by atomic mass is 10.1. The molecule has 2 unspecified atom stereocenters. The second kappa shape index (κ2) is 6.79. The lowest BCUT2D eigenvalue weighted by Gasteiger charge is -2.21. The van der Waals surface area contributed by atoms with Crippen molar-refractivity contribution in [1.29, 1.82) is 0 Å². The minimum atomic E-state index is 0.0568. The van der Waals surface area contributed by atoms with Gasteiger partial charge in [-0.25, -0.2) is 0 Å². The molecule has 0 spiro atoms. The number of amides is 1. The molecule has 0 saturated carbocycles. The first kappa shape index (κ1) is 15.5. The summed E-state index contributed by atoms with van der Waals surface area (Å²) in [6.45, 7) is 3.45. The third-order valence-corrected chi connectivity index (χ3v) is 4.23. The van der Waals surface area contributed by atoms with Gasteiger partial charge < -0.3 is 15.4 Å². The van der Waals surface area contributed by atoms with E-state index in [2.05, 4.69) is 11.9 Å². The number of hydrogen-bond acceptors (Lipinski definition) is 4. The van der Waals surface area contributed by atoms with Gasteiger partial charge in [-0.1, -0.05) is 0 Å². The number of ether oxygens (including phenoxy) is 1. The quantitative estimate of drug-likeness (QED) is 0.942. The standard InChI is InChI=1S/C18H21N3O2/c1-13-9-14(10-19)12-21(13)18(22)15-4-6-16(7-5-15)23-17-3-2-8-20-11-17/h2-8,11,13-14H,9-10,12,19H2,1H3. The lowest BCUT2D eigenvalue weighted by Crippen LogP contribution is -2.34. The van der Waals surface area contributed by atoms with Crippen LogP contribution in [-0.4, -0.2) is 34.9 Å². The number of pyridine rings is 1. The van der Waals surface area contributed by atoms with Gasteiger partial charge in [0.05, 0.1) is 6.20 Å². The monoisotopic (exact) mass is 311 g/mol. The molecule has 0 radical (unpaired) electrons. The van der Waals surface area contributed by atoms with Gasteiger partial charge in [0, 0.05) is 24.3 Å². The van der Waals surface area contributed by atoms with Gasteiger partial charge in [0.2, 0.25) is 0 Å². The van der Waals surface area contributed by atoms with Crippen LogP contribution in [-0.2, 0) is 0 Å². The van der Waals surface area contributed by atoms with Crippen molar-refractivity contribution in [3.05, 3.63) is 54.4 Å². The van der Waals surface area contributed by atoms with E-state index in [0.29, 0.717) is 29.5 Å². The zero-order valence-electron chi connectivity index (χ0n) is 13.2. The Bertz CT molecular complexity index is 658. The average molecular weight is 311 g/mol. The van der Waals surface area contributed by atoms with Crippen molar-refractivity contribution in [3.8, 4) is 11.5 Å². The van der Waals surface area contributed by atoms with Crippen LogP contribution in [0.3, 0.4) is 0 Å². The molecule has 1 aliphatic rings. The average Bonchev–Trinajstić information content (AvgIpc) is 2.97. The van der Waals surface area contributed by atoms with Crippen LogP contribution in [0.4, 0.5) is 0 Å². The minimum absolute atomic E-state index is 0.0568. The molecule has 1 aliphatic heterocycles. The van der Waals surface area contributed by atoms with Crippen LogP contribution < -0.4 is 10.5 Å². The van der Waals surface area contributed by atoms with Crippen molar-refractivity contribution in [2.24, 2.45) is 11.7 Å². The molecular formula is C18H21N3O2. The van der Waals surface area contributed by atoms with E-state index in [0.717, 1.165) is 13.0 Å². The number of benzene rings is 1. The Morgan fingerprint density at radius 3 is 2.70 bits per heavy atom. The molecular weight excluding hydrogens is 290 g/mol. The summed E-state index contributed by atoms with van der Waals surface area (Å²) in [5, 5.41) is 0. The lowest BCUT2D eigenvalue weighted by molar-refractivity contribution is 0.0743. The summed E-state index contributed by atoms with van der Waals surface area (Å²) in [6.07, 6.45) is 4.32. The molecule has 0 bridgehead atoms. The number of carbonyl (C=O) groups excluding carboxylic acids is 1. The molecule has 1 aromatic heterocycles. The Labute approximate surface area is 136 Å². The highest BCUT2D eigenvalue weighted by atomic mass is 16.5. The van der Waals surface area contributed by atoms with Gasteiger partial charge in [-0.05, 0) is 62.2 Å². The predicted octanol–water partition coefficient (Wildman–Crippen LogP) is 2.68. The summed E-state index contributed by atoms with van der Waals surface area (Å²) in [5.74, 6) is 1.82. The molecule has 23 heavy (non-hydrogen) atoms. The van der Waals surface area contributed by atoms with Crippen molar-refractivity contribution in [2.45, 2.75) is 19.4 Å². The normalized spacial score (nSPS) is 20.5. The second-order valence-corrected chi connectivity index (χ2v) is 5.96. The smallest absolute Gasteiger partial charge is 0.254 e. The van der Waals surface area contributed by atoms with Crippen molar-refractivity contribution in [2.75, 3.05) is 13.1 Å². The fourth-order valence-electron chi connectivity index (χ4n) is 2.97. The molecule has 2 heterocycles. The van der Waals surface area contributed by atoms with Crippen LogP contribution in [0.25, 0.3) is 0 Å². The van der Waals surface area contributed by atoms with Gasteiger partial charge in [-0.2, -0.15) is 0 Å². The third-order valence-electron chi connectivity index (χ3n) is 4.23. The molecule has 1 saturated heterocycles. The topological polar surface area (TPSA) is 68.5 Å². The van der Waals surface area contributed by atoms with E-state index in [9.17, 15) is 4.79 Å². The van der Waals surface area contributed by atoms with Gasteiger partial charge in [0.1, 0.15) is 11.5 Å². The van der Waals surface area contributed by atoms with Crippen LogP contribution in [0.2, 0.25) is 0 Å². The Morgan fingerprint density at radius 2 is 2.09 bits per heavy atom. The summed E-state index contributed by atoms with van der Waals surface area (Å²) in [7, 11) is 0. The second-order valence-electron chi connectivity index (χ2n) is 5.96. The largest absolute Gasteiger partial charge is 0.456 e. The summed E-state index contributed by atoms with van der Waals surface area (Å²) in [4.78, 5) is 18.5. The van der Waals surface area contributed by atoms with Crippen molar-refractivity contribution in [3.63, 3.8) is 0 Å². The Hall–Kier alpha value is -2.40. The van der Waals surface area contributed by atoms with Gasteiger partial charge in [0.25, 0.3) is 5.91 Å². The number of likely N-dealkylation sites (tertiary alicyclic amines) is 1. The SMILES string of the molecule is CC1CC(CN)CN1C(=O)c1ccc(Oc2cccnc2)cc1. The fourth-order valence-corrected chi connectivity index (χ4v) is 2.97. The van der Waals surface area contributed by atoms with E-state index in [1.54, 1.807) is 36.7 Å². The van der Waals surface area contributed by atoms with Crippen molar-refractivity contribution in [1.82, 2.24) is 9.88 Å². The van der Waals surface area contributed by atoms with E-state index >= 15 is 0 Å². The maximum Gasteiger partial charge on any atom is 0.254 e. The van der Waals surface area contributed by atoms with Crippen molar-refractivity contribution >= 4 is 5.91 Å². The molecule has 1 aromatic carbocycles. The maximum absolute atomic E-state index is 12.6. The highest BCUT2D eigenvalue weighted by molar-refractivity contribution is 5.94. The number of nitrogens with two attached hydrogens (primary N) is 1. The molecule has 2 aromatic rings. The first-order valence-electron chi connectivity index (χ1n) is 7.86. The Kier molecular flexibility index (Phi) is 4.57. The van der Waals surface area contributed by atoms with Gasteiger partial charge in [0.15, 0.2) is 0 Å². The molecule has 0 aliphatic carbocycles. The predicted molar refractivity (Wildman–Crippen MR) is 88.4 cm³/mol. The van der Waals surface area contributed by atoms with E-state index in [1.165, 1.54) is 0 Å². The molecule has 1 fully saturated rings. The Balaban J connectivity index is 1.68. The number of carbonyl (C=O) groups is 1. The van der Waals surface area contributed by atoms with Crippen LogP contribution in [0, 0.1) is 5.92 Å². The van der Waals surface area contributed by atoms with Crippen LogP contribution in [0.1, 0.15) is 23.7 Å². The highest BCUT2D eigenvalue weighted by Gasteiger charge is 2.31. The van der Waals surface area contributed by atoms with Gasteiger partial charge in [-0.15, -0.1) is 0 Å². The first-order valence-corrected chi connectivity index (χ1v) is 7.86. The summed E-state index contributed by atoms with van der Waals surface area (Å²) in [6, 6.07) is 11.1. The third kappa shape index (κ3) is 3.51. The zero-order chi connectivity index (χ0) is 16.2. The van der Waals surface area contributed by atoms with Crippen molar-refractivity contribution < 1.29 is 9.53 Å². The maximum atomic E-state index is 12.6. The van der Waals surface area contributed by atoms with Gasteiger partial charge in [-0.3, -0.25) is 9.78 Å². The Morgan fingerprint density at radius 1 is 1.30 bits per heavy atom. The zero-order valence-corrected chi connectivity index (χ0v) is 13.2. The molecule has 5 heteroatoms. The summed E-state index contributed by atoms with van der Waals surface area (Å²) >= 11 is 0. The van der Waals surface area contributed by atoms with E-state index in [4.69, 9.17) is 10.5 Å². The van der Waals surface area contributed by atoms with Crippen LogP contribution in [0.15, 0.2) is 48.8 Å². The molecule has 1 amide bonds. The molecule has 3 rings (SSSR count). The molecule has 2 N–H and O–H groups in total. The molecule has 5 nitrogen and oxygen atoms in total. The fraction of sp³-hybridized carbons (Fsp3) is 0.333. The summed E-state index contributed by atoms with van der Waals surface area (Å²) < 4.78 is 5.69. The van der Waals surface area contributed by atoms with Crippen LogP contribution >= 0.6 is 0 Å². The number of rotatable bonds is 4. The minimum Gasteiger partial charge on any atom is -0.456 e. The van der Waals surface area contributed by atoms with E-state index in [-0.39, 0.29) is 11.9 Å².